The number of aromatic nitrogens is 7. The van der Waals surface area contributed by atoms with Crippen molar-refractivity contribution in [1.29, 1.82) is 0 Å². The molecule has 2 aromatic carbocycles. The van der Waals surface area contributed by atoms with Gasteiger partial charge < -0.3 is 10.3 Å². The summed E-state index contributed by atoms with van der Waals surface area (Å²) in [5, 5.41) is 16.3. The highest BCUT2D eigenvalue weighted by atomic mass is 32.2. The van der Waals surface area contributed by atoms with E-state index in [0.29, 0.717) is 27.6 Å². The average Bonchev–Trinajstić information content (AvgIpc) is 3.47. The smallest absolute Gasteiger partial charge is 0.261 e. The van der Waals surface area contributed by atoms with Gasteiger partial charge in [-0.3, -0.25) is 14.2 Å². The van der Waals surface area contributed by atoms with Crippen LogP contribution < -0.4 is 10.9 Å². The van der Waals surface area contributed by atoms with Crippen molar-refractivity contribution >= 4 is 34.4 Å². The number of aromatic amines is 1. The Labute approximate surface area is 191 Å². The molecule has 33 heavy (non-hydrogen) atoms. The van der Waals surface area contributed by atoms with E-state index >= 15 is 0 Å². The van der Waals surface area contributed by atoms with Gasteiger partial charge in [-0.2, -0.15) is 5.10 Å². The Morgan fingerprint density at radius 1 is 1.15 bits per heavy atom. The Morgan fingerprint density at radius 3 is 2.82 bits per heavy atom. The van der Waals surface area contributed by atoms with Crippen LogP contribution in [0.25, 0.3) is 22.4 Å². The number of H-pyrrole nitrogens is 1. The van der Waals surface area contributed by atoms with E-state index in [0.717, 1.165) is 11.3 Å². The van der Waals surface area contributed by atoms with E-state index in [4.69, 9.17) is 0 Å². The number of carbonyl (C=O) groups excluding carboxylic acids is 1. The van der Waals surface area contributed by atoms with Crippen molar-refractivity contribution in [1.82, 2.24) is 34.5 Å². The van der Waals surface area contributed by atoms with E-state index in [1.807, 2.05) is 47.9 Å². The SMILES string of the molecule is Cc1ccc(-n2cnnc2SCC(=O)Nc2ccccc2-n2ncc3c(=O)[nH]cnc32)cc1. The van der Waals surface area contributed by atoms with E-state index in [9.17, 15) is 9.59 Å². The van der Waals surface area contributed by atoms with Gasteiger partial charge in [-0.25, -0.2) is 9.67 Å². The molecule has 10 nitrogen and oxygen atoms in total. The van der Waals surface area contributed by atoms with Crippen LogP contribution in [0.3, 0.4) is 0 Å². The van der Waals surface area contributed by atoms with Crippen molar-refractivity contribution in [3.05, 3.63) is 83.3 Å². The zero-order valence-corrected chi connectivity index (χ0v) is 18.3. The van der Waals surface area contributed by atoms with E-state index in [1.165, 1.54) is 29.0 Å². The molecule has 1 amide bonds. The highest BCUT2D eigenvalue weighted by molar-refractivity contribution is 7.99. The first-order valence-corrected chi connectivity index (χ1v) is 11.0. The molecule has 0 bridgehead atoms. The normalized spacial score (nSPS) is 11.1. The van der Waals surface area contributed by atoms with Gasteiger partial charge in [-0.05, 0) is 31.2 Å². The first-order chi connectivity index (χ1) is 16.1. The molecule has 0 aliphatic rings. The molecule has 0 unspecified atom stereocenters. The zero-order valence-electron chi connectivity index (χ0n) is 17.5. The maximum Gasteiger partial charge on any atom is 0.261 e. The molecule has 0 aliphatic carbocycles. The fourth-order valence-electron chi connectivity index (χ4n) is 3.32. The molecule has 0 atom stereocenters. The Balaban J connectivity index is 1.34. The Hall–Kier alpha value is -4.25. The van der Waals surface area contributed by atoms with Crippen molar-refractivity contribution in [2.24, 2.45) is 0 Å². The topological polar surface area (TPSA) is 123 Å². The summed E-state index contributed by atoms with van der Waals surface area (Å²) < 4.78 is 3.37. The number of fused-ring (bicyclic) bond motifs is 1. The number of carbonyl (C=O) groups is 1. The number of hydrogen-bond acceptors (Lipinski definition) is 7. The Morgan fingerprint density at radius 2 is 1.97 bits per heavy atom. The quantitative estimate of drug-likeness (QED) is 0.375. The van der Waals surface area contributed by atoms with Gasteiger partial charge in [0, 0.05) is 5.69 Å². The van der Waals surface area contributed by atoms with Crippen LogP contribution >= 0.6 is 11.8 Å². The van der Waals surface area contributed by atoms with Gasteiger partial charge in [0.15, 0.2) is 10.8 Å². The fraction of sp³-hybridized carbons (Fsp3) is 0.0909. The number of amides is 1. The van der Waals surface area contributed by atoms with Crippen molar-refractivity contribution < 1.29 is 4.79 Å². The van der Waals surface area contributed by atoms with Gasteiger partial charge in [0.05, 0.1) is 29.7 Å². The third-order valence-corrected chi connectivity index (χ3v) is 5.88. The lowest BCUT2D eigenvalue weighted by atomic mass is 10.2. The number of rotatable bonds is 6. The highest BCUT2D eigenvalue weighted by Crippen LogP contribution is 2.24. The van der Waals surface area contributed by atoms with Crippen LogP contribution in [0, 0.1) is 6.92 Å². The summed E-state index contributed by atoms with van der Waals surface area (Å²) in [6.45, 7) is 2.02. The van der Waals surface area contributed by atoms with Crippen LogP contribution in [0.4, 0.5) is 5.69 Å². The number of para-hydroxylation sites is 2. The van der Waals surface area contributed by atoms with Gasteiger partial charge >= 0.3 is 0 Å². The minimum absolute atomic E-state index is 0.136. The lowest BCUT2D eigenvalue weighted by Gasteiger charge is -2.11. The van der Waals surface area contributed by atoms with Crippen LogP contribution in [0.1, 0.15) is 5.56 Å². The Bertz CT molecular complexity index is 1500. The average molecular weight is 459 g/mol. The van der Waals surface area contributed by atoms with Crippen LogP contribution in [-0.4, -0.2) is 46.2 Å². The van der Waals surface area contributed by atoms with Crippen LogP contribution in [0.5, 0.6) is 0 Å². The molecule has 0 saturated heterocycles. The molecule has 3 heterocycles. The zero-order chi connectivity index (χ0) is 22.8. The van der Waals surface area contributed by atoms with Crippen LogP contribution in [0.2, 0.25) is 0 Å². The molecule has 5 rings (SSSR count). The number of hydrogen-bond donors (Lipinski definition) is 2. The summed E-state index contributed by atoms with van der Waals surface area (Å²) in [7, 11) is 0. The Kier molecular flexibility index (Phi) is 5.45. The summed E-state index contributed by atoms with van der Waals surface area (Å²) in [5.41, 5.74) is 3.36. The van der Waals surface area contributed by atoms with Gasteiger partial charge in [0.2, 0.25) is 5.91 Å². The van der Waals surface area contributed by atoms with Crippen LogP contribution in [-0.2, 0) is 4.79 Å². The van der Waals surface area contributed by atoms with Gasteiger partial charge in [0.25, 0.3) is 5.56 Å². The molecule has 11 heteroatoms. The molecule has 0 radical (unpaired) electrons. The maximum absolute atomic E-state index is 12.7. The molecule has 5 aromatic rings. The molecule has 0 fully saturated rings. The molecule has 3 aromatic heterocycles. The van der Waals surface area contributed by atoms with Crippen LogP contribution in [0.15, 0.2) is 77.3 Å². The minimum Gasteiger partial charge on any atom is -0.323 e. The molecular weight excluding hydrogens is 440 g/mol. The number of anilines is 1. The number of nitrogens with zero attached hydrogens (tertiary/aromatic N) is 6. The van der Waals surface area contributed by atoms with E-state index in [-0.39, 0.29) is 17.2 Å². The predicted molar refractivity (Wildman–Crippen MR) is 125 cm³/mol. The van der Waals surface area contributed by atoms with E-state index < -0.39 is 0 Å². The van der Waals surface area contributed by atoms with Crippen molar-refractivity contribution in [2.75, 3.05) is 11.1 Å². The molecule has 0 spiro atoms. The van der Waals surface area contributed by atoms with Gasteiger partial charge in [0.1, 0.15) is 11.7 Å². The lowest BCUT2D eigenvalue weighted by Crippen LogP contribution is -2.16. The third kappa shape index (κ3) is 4.13. The van der Waals surface area contributed by atoms with E-state index in [2.05, 4.69) is 30.6 Å². The van der Waals surface area contributed by atoms with Gasteiger partial charge in [-0.15, -0.1) is 10.2 Å². The predicted octanol–water partition coefficient (Wildman–Crippen LogP) is 2.73. The summed E-state index contributed by atoms with van der Waals surface area (Å²) in [6, 6.07) is 15.2. The molecule has 0 aliphatic heterocycles. The number of aryl methyl sites for hydroxylation is 1. The number of nitrogens with one attached hydrogen (secondary N) is 2. The largest absolute Gasteiger partial charge is 0.323 e. The minimum atomic E-state index is -0.276. The summed E-state index contributed by atoms with van der Waals surface area (Å²) in [4.78, 5) is 31.5. The molecule has 164 valence electrons. The van der Waals surface area contributed by atoms with Crippen molar-refractivity contribution in [2.45, 2.75) is 12.1 Å². The monoisotopic (exact) mass is 458 g/mol. The summed E-state index contributed by atoms with van der Waals surface area (Å²) in [5.74, 6) is -0.0791. The maximum atomic E-state index is 12.7. The highest BCUT2D eigenvalue weighted by Gasteiger charge is 2.15. The second kappa shape index (κ2) is 8.71. The first kappa shape index (κ1) is 20.6. The molecular formula is C22H18N8O2S. The number of benzene rings is 2. The van der Waals surface area contributed by atoms with Crippen molar-refractivity contribution in [3.63, 3.8) is 0 Å². The van der Waals surface area contributed by atoms with Crippen molar-refractivity contribution in [3.8, 4) is 11.4 Å². The second-order valence-electron chi connectivity index (χ2n) is 7.20. The summed E-state index contributed by atoms with van der Waals surface area (Å²) >= 11 is 1.29. The molecule has 2 N–H and O–H groups in total. The van der Waals surface area contributed by atoms with E-state index in [1.54, 1.807) is 18.5 Å². The molecule has 0 saturated carbocycles. The second-order valence-corrected chi connectivity index (χ2v) is 8.14. The fourth-order valence-corrected chi connectivity index (χ4v) is 4.05. The van der Waals surface area contributed by atoms with Gasteiger partial charge in [-0.1, -0.05) is 41.6 Å². The first-order valence-electron chi connectivity index (χ1n) is 10.0. The lowest BCUT2D eigenvalue weighted by molar-refractivity contribution is -0.113. The summed E-state index contributed by atoms with van der Waals surface area (Å²) in [6.07, 6.45) is 4.40. The third-order valence-electron chi connectivity index (χ3n) is 4.94. The number of thioether (sulfide) groups is 1. The standard InChI is InChI=1S/C22H18N8O2S/c1-14-6-8-15(9-7-14)29-13-25-28-22(29)33-11-19(31)27-17-4-2-3-5-18(17)30-20-16(10-26-30)21(32)24-12-23-20/h2-10,12-13H,11H2,1H3,(H,27,31)(H,23,24,32).